The van der Waals surface area contributed by atoms with Crippen molar-refractivity contribution >= 4 is 6.21 Å². The van der Waals surface area contributed by atoms with E-state index in [0.29, 0.717) is 0 Å². The fraction of sp³-hybridized carbons (Fsp3) is 0.444. The van der Waals surface area contributed by atoms with Gasteiger partial charge in [-0.05, 0) is 32.3 Å². The molecule has 0 amide bonds. The van der Waals surface area contributed by atoms with Crippen LogP contribution in [0.25, 0.3) is 0 Å². The van der Waals surface area contributed by atoms with Gasteiger partial charge in [0.1, 0.15) is 0 Å². The fourth-order valence-corrected chi connectivity index (χ4v) is 1.08. The smallest absolute Gasteiger partial charge is 0.0611 e. The number of hydrogen-bond donors (Lipinski definition) is 0. The topological polar surface area (TPSA) is 12.4 Å². The summed E-state index contributed by atoms with van der Waals surface area (Å²) in [5, 5.41) is 0. The molecule has 0 atom stereocenters. The summed E-state index contributed by atoms with van der Waals surface area (Å²) < 4.78 is 0. The van der Waals surface area contributed by atoms with Crippen LogP contribution in [0.15, 0.2) is 28.4 Å². The highest BCUT2D eigenvalue weighted by atomic mass is 14.7. The average Bonchev–Trinajstić information content (AvgIpc) is 1.94. The van der Waals surface area contributed by atoms with Crippen LogP contribution in [0.1, 0.15) is 26.7 Å². The summed E-state index contributed by atoms with van der Waals surface area (Å²) >= 11 is 0. The van der Waals surface area contributed by atoms with Crippen molar-refractivity contribution in [2.75, 3.05) is 0 Å². The third-order valence-corrected chi connectivity index (χ3v) is 1.63. The van der Waals surface area contributed by atoms with Crippen LogP contribution in [-0.2, 0) is 0 Å². The van der Waals surface area contributed by atoms with E-state index in [1.54, 1.807) is 0 Å². The average molecular weight is 135 g/mol. The molecule has 0 heterocycles. The molecule has 0 N–H and O–H groups in total. The zero-order valence-corrected chi connectivity index (χ0v) is 6.59. The lowest BCUT2D eigenvalue weighted by atomic mass is 10.1. The molecule has 0 saturated carbocycles. The largest absolute Gasteiger partial charge is 0.262 e. The normalized spacial score (nSPS) is 19.0. The van der Waals surface area contributed by atoms with Gasteiger partial charge in [-0.15, -0.1) is 0 Å². The Bertz CT molecular complexity index is 197. The van der Waals surface area contributed by atoms with Crippen LogP contribution in [0, 0.1) is 0 Å². The second-order valence-electron chi connectivity index (χ2n) is 2.44. The van der Waals surface area contributed by atoms with Crippen molar-refractivity contribution < 1.29 is 0 Å². The standard InChI is InChI=1S/C9H13N/c1-3-10-9-7-5-4-6-8(9)2/h3,6-7H,4-5H2,1-2H3/b10-3-. The van der Waals surface area contributed by atoms with E-state index in [2.05, 4.69) is 24.1 Å². The van der Waals surface area contributed by atoms with Crippen LogP contribution in [-0.4, -0.2) is 6.21 Å². The van der Waals surface area contributed by atoms with Crippen molar-refractivity contribution in [2.24, 2.45) is 4.99 Å². The van der Waals surface area contributed by atoms with Crippen molar-refractivity contribution in [3.05, 3.63) is 23.4 Å². The maximum absolute atomic E-state index is 4.23. The third-order valence-electron chi connectivity index (χ3n) is 1.63. The van der Waals surface area contributed by atoms with Gasteiger partial charge in [0.25, 0.3) is 0 Å². The molecule has 1 nitrogen and oxygen atoms in total. The van der Waals surface area contributed by atoms with Crippen LogP contribution in [0.4, 0.5) is 0 Å². The Hall–Kier alpha value is -0.850. The predicted molar refractivity (Wildman–Crippen MR) is 45.2 cm³/mol. The summed E-state index contributed by atoms with van der Waals surface area (Å²) in [6.45, 7) is 4.06. The van der Waals surface area contributed by atoms with Crippen molar-refractivity contribution in [3.63, 3.8) is 0 Å². The molecule has 1 aliphatic carbocycles. The molecule has 0 aromatic carbocycles. The number of allylic oxidation sites excluding steroid dienone is 3. The second kappa shape index (κ2) is 3.35. The van der Waals surface area contributed by atoms with Gasteiger partial charge < -0.3 is 0 Å². The lowest BCUT2D eigenvalue weighted by molar-refractivity contribution is 0.983. The van der Waals surface area contributed by atoms with E-state index in [1.165, 1.54) is 12.0 Å². The van der Waals surface area contributed by atoms with Gasteiger partial charge in [0, 0.05) is 6.21 Å². The Morgan fingerprint density at radius 2 is 2.10 bits per heavy atom. The van der Waals surface area contributed by atoms with Crippen LogP contribution < -0.4 is 0 Å². The summed E-state index contributed by atoms with van der Waals surface area (Å²) in [6, 6.07) is 0. The van der Waals surface area contributed by atoms with Gasteiger partial charge in [0.05, 0.1) is 5.70 Å². The zero-order chi connectivity index (χ0) is 7.40. The van der Waals surface area contributed by atoms with E-state index in [-0.39, 0.29) is 0 Å². The van der Waals surface area contributed by atoms with E-state index >= 15 is 0 Å². The van der Waals surface area contributed by atoms with E-state index in [4.69, 9.17) is 0 Å². The Labute approximate surface area is 62.2 Å². The second-order valence-corrected chi connectivity index (χ2v) is 2.44. The Morgan fingerprint density at radius 3 is 2.70 bits per heavy atom. The highest BCUT2D eigenvalue weighted by Crippen LogP contribution is 2.18. The maximum Gasteiger partial charge on any atom is 0.0611 e. The van der Waals surface area contributed by atoms with Gasteiger partial charge >= 0.3 is 0 Å². The summed E-state index contributed by atoms with van der Waals surface area (Å²) in [5.41, 5.74) is 2.46. The first kappa shape index (κ1) is 7.26. The van der Waals surface area contributed by atoms with Gasteiger partial charge in [0.15, 0.2) is 0 Å². The van der Waals surface area contributed by atoms with Crippen molar-refractivity contribution in [1.29, 1.82) is 0 Å². The monoisotopic (exact) mass is 135 g/mol. The molecule has 0 fully saturated rings. The zero-order valence-electron chi connectivity index (χ0n) is 6.59. The van der Waals surface area contributed by atoms with Crippen molar-refractivity contribution in [1.82, 2.24) is 0 Å². The van der Waals surface area contributed by atoms with E-state index in [9.17, 15) is 0 Å². The van der Waals surface area contributed by atoms with E-state index in [1.807, 2.05) is 13.1 Å². The molecule has 0 saturated heterocycles. The van der Waals surface area contributed by atoms with Gasteiger partial charge in [0.2, 0.25) is 0 Å². The number of aliphatic imine (C=N–C) groups is 1. The first-order chi connectivity index (χ1) is 4.84. The van der Waals surface area contributed by atoms with E-state index in [0.717, 1.165) is 12.1 Å². The SMILES string of the molecule is C/C=N\C1=CCCC=C1C. The number of nitrogens with zero attached hydrogens (tertiary/aromatic N) is 1. The van der Waals surface area contributed by atoms with E-state index < -0.39 is 0 Å². The molecule has 0 unspecified atom stereocenters. The fourth-order valence-electron chi connectivity index (χ4n) is 1.08. The highest BCUT2D eigenvalue weighted by molar-refractivity contribution is 5.57. The molecule has 0 aromatic heterocycles. The van der Waals surface area contributed by atoms with Crippen molar-refractivity contribution in [3.8, 4) is 0 Å². The summed E-state index contributed by atoms with van der Waals surface area (Å²) in [5.74, 6) is 0. The molecular weight excluding hydrogens is 122 g/mol. The summed E-state index contributed by atoms with van der Waals surface area (Å²) in [4.78, 5) is 4.23. The predicted octanol–water partition coefficient (Wildman–Crippen LogP) is 2.70. The van der Waals surface area contributed by atoms with Gasteiger partial charge in [-0.2, -0.15) is 0 Å². The Balaban J connectivity index is 2.74. The van der Waals surface area contributed by atoms with Crippen LogP contribution in [0.5, 0.6) is 0 Å². The van der Waals surface area contributed by atoms with Gasteiger partial charge in [-0.1, -0.05) is 12.2 Å². The lowest BCUT2D eigenvalue weighted by Crippen LogP contribution is -1.88. The molecule has 1 heteroatoms. The molecule has 1 aliphatic rings. The molecule has 0 spiro atoms. The minimum atomic E-state index is 1.14. The van der Waals surface area contributed by atoms with Crippen LogP contribution >= 0.6 is 0 Å². The first-order valence-electron chi connectivity index (χ1n) is 3.70. The first-order valence-corrected chi connectivity index (χ1v) is 3.70. The Morgan fingerprint density at radius 1 is 1.40 bits per heavy atom. The molecule has 0 radical (unpaired) electrons. The minimum absolute atomic E-state index is 1.14. The molecule has 1 rings (SSSR count). The molecule has 0 bridgehead atoms. The third kappa shape index (κ3) is 1.56. The van der Waals surface area contributed by atoms with Gasteiger partial charge in [-0.3, -0.25) is 4.99 Å². The number of hydrogen-bond acceptors (Lipinski definition) is 1. The summed E-state index contributed by atoms with van der Waals surface area (Å²) in [6.07, 6.45) is 8.59. The molecule has 10 heavy (non-hydrogen) atoms. The Kier molecular flexibility index (Phi) is 2.43. The molecule has 54 valence electrons. The van der Waals surface area contributed by atoms with Gasteiger partial charge in [-0.25, -0.2) is 0 Å². The van der Waals surface area contributed by atoms with Crippen molar-refractivity contribution in [2.45, 2.75) is 26.7 Å². The lowest BCUT2D eigenvalue weighted by Gasteiger charge is -2.06. The maximum atomic E-state index is 4.23. The summed E-state index contributed by atoms with van der Waals surface area (Å²) in [7, 11) is 0. The highest BCUT2D eigenvalue weighted by Gasteiger charge is 1.99. The van der Waals surface area contributed by atoms with Crippen LogP contribution in [0.3, 0.4) is 0 Å². The quantitative estimate of drug-likeness (QED) is 0.490. The molecule has 0 aromatic rings. The van der Waals surface area contributed by atoms with Crippen LogP contribution in [0.2, 0.25) is 0 Å². The molecule has 0 aliphatic heterocycles. The molecular formula is C9H13N. The minimum Gasteiger partial charge on any atom is -0.262 e. The number of rotatable bonds is 1.